The second-order valence-electron chi connectivity index (χ2n) is 6.23. The molecule has 1 aliphatic carbocycles. The number of carbonyl (C=O) groups excluding carboxylic acids is 2. The SMILES string of the molecule is Cc1noc(C)c1COc1cccc(C(=O)O[C@H]2CCCCC2=O)c1. The summed E-state index contributed by atoms with van der Waals surface area (Å²) in [6.45, 7) is 3.98. The molecule has 1 aromatic carbocycles. The fraction of sp³-hybridized carbons (Fsp3) is 0.421. The van der Waals surface area contributed by atoms with E-state index < -0.39 is 12.1 Å². The van der Waals surface area contributed by atoms with Crippen LogP contribution in [-0.4, -0.2) is 23.0 Å². The van der Waals surface area contributed by atoms with E-state index >= 15 is 0 Å². The monoisotopic (exact) mass is 343 g/mol. The molecule has 0 bridgehead atoms. The normalized spacial score (nSPS) is 17.4. The molecule has 25 heavy (non-hydrogen) atoms. The average Bonchev–Trinajstić information content (AvgIpc) is 2.93. The molecule has 1 aliphatic rings. The molecule has 1 heterocycles. The third kappa shape index (κ3) is 4.07. The molecule has 2 aromatic rings. The first-order valence-corrected chi connectivity index (χ1v) is 8.43. The van der Waals surface area contributed by atoms with E-state index in [2.05, 4.69) is 5.16 Å². The lowest BCUT2D eigenvalue weighted by Crippen LogP contribution is -2.30. The van der Waals surface area contributed by atoms with E-state index in [-0.39, 0.29) is 5.78 Å². The molecule has 1 saturated carbocycles. The van der Waals surface area contributed by atoms with Gasteiger partial charge in [0.2, 0.25) is 0 Å². The number of ether oxygens (including phenoxy) is 2. The van der Waals surface area contributed by atoms with Gasteiger partial charge in [0, 0.05) is 6.42 Å². The first-order valence-electron chi connectivity index (χ1n) is 8.43. The maximum absolute atomic E-state index is 12.3. The van der Waals surface area contributed by atoms with Crippen molar-refractivity contribution >= 4 is 11.8 Å². The summed E-state index contributed by atoms with van der Waals surface area (Å²) in [5, 5.41) is 3.89. The Balaban J connectivity index is 1.64. The van der Waals surface area contributed by atoms with Gasteiger partial charge in [-0.3, -0.25) is 4.79 Å². The van der Waals surface area contributed by atoms with Crippen LogP contribution in [0.15, 0.2) is 28.8 Å². The first kappa shape index (κ1) is 17.2. The number of benzene rings is 1. The molecule has 0 aliphatic heterocycles. The van der Waals surface area contributed by atoms with Crippen molar-refractivity contribution in [2.45, 2.75) is 52.2 Å². The number of aromatic nitrogens is 1. The lowest BCUT2D eigenvalue weighted by Gasteiger charge is -2.20. The van der Waals surface area contributed by atoms with Crippen LogP contribution in [0.3, 0.4) is 0 Å². The lowest BCUT2D eigenvalue weighted by molar-refractivity contribution is -0.129. The van der Waals surface area contributed by atoms with Gasteiger partial charge < -0.3 is 14.0 Å². The van der Waals surface area contributed by atoms with E-state index in [1.165, 1.54) is 0 Å². The molecule has 0 radical (unpaired) electrons. The lowest BCUT2D eigenvalue weighted by atomic mass is 9.96. The number of rotatable bonds is 5. The van der Waals surface area contributed by atoms with Gasteiger partial charge in [-0.05, 0) is 51.3 Å². The minimum Gasteiger partial charge on any atom is -0.489 e. The molecule has 6 heteroatoms. The predicted octanol–water partition coefficient (Wildman–Crippen LogP) is 3.54. The molecule has 1 fully saturated rings. The van der Waals surface area contributed by atoms with Gasteiger partial charge in [0.15, 0.2) is 11.9 Å². The summed E-state index contributed by atoms with van der Waals surface area (Å²) in [6, 6.07) is 6.76. The third-order valence-electron chi connectivity index (χ3n) is 4.38. The third-order valence-corrected chi connectivity index (χ3v) is 4.38. The van der Waals surface area contributed by atoms with Gasteiger partial charge in [0.1, 0.15) is 18.1 Å². The number of nitrogens with zero attached hydrogens (tertiary/aromatic N) is 1. The Labute approximate surface area is 146 Å². The second kappa shape index (κ2) is 7.51. The van der Waals surface area contributed by atoms with Crippen LogP contribution >= 0.6 is 0 Å². The maximum atomic E-state index is 12.3. The Bertz CT molecular complexity index is 760. The van der Waals surface area contributed by atoms with Gasteiger partial charge in [-0.2, -0.15) is 0 Å². The van der Waals surface area contributed by atoms with E-state index in [9.17, 15) is 9.59 Å². The molecule has 0 spiro atoms. The molecule has 6 nitrogen and oxygen atoms in total. The molecular formula is C19H21NO5. The maximum Gasteiger partial charge on any atom is 0.338 e. The molecular weight excluding hydrogens is 322 g/mol. The van der Waals surface area contributed by atoms with Crippen molar-refractivity contribution in [2.75, 3.05) is 0 Å². The van der Waals surface area contributed by atoms with Gasteiger partial charge in [-0.25, -0.2) is 4.79 Å². The van der Waals surface area contributed by atoms with Crippen LogP contribution in [0.2, 0.25) is 0 Å². The number of Topliss-reactive ketones (excluding diaryl/α,β-unsaturated/α-hetero) is 1. The molecule has 132 valence electrons. The highest BCUT2D eigenvalue weighted by molar-refractivity contribution is 5.93. The van der Waals surface area contributed by atoms with E-state index in [4.69, 9.17) is 14.0 Å². The molecule has 0 unspecified atom stereocenters. The van der Waals surface area contributed by atoms with Crippen LogP contribution in [0.1, 0.15) is 53.1 Å². The van der Waals surface area contributed by atoms with E-state index in [0.717, 1.165) is 24.1 Å². The van der Waals surface area contributed by atoms with Crippen LogP contribution in [0.25, 0.3) is 0 Å². The quantitative estimate of drug-likeness (QED) is 0.773. The summed E-state index contributed by atoms with van der Waals surface area (Å²) < 4.78 is 16.2. The highest BCUT2D eigenvalue weighted by atomic mass is 16.5. The van der Waals surface area contributed by atoms with Crippen LogP contribution in [0.4, 0.5) is 0 Å². The topological polar surface area (TPSA) is 78.6 Å². The second-order valence-corrected chi connectivity index (χ2v) is 6.23. The molecule has 3 rings (SSSR count). The highest BCUT2D eigenvalue weighted by Crippen LogP contribution is 2.21. The molecule has 0 N–H and O–H groups in total. The van der Waals surface area contributed by atoms with Crippen LogP contribution in [0.5, 0.6) is 5.75 Å². The van der Waals surface area contributed by atoms with Gasteiger partial charge >= 0.3 is 5.97 Å². The Hall–Kier alpha value is -2.63. The zero-order valence-corrected chi connectivity index (χ0v) is 14.4. The van der Waals surface area contributed by atoms with Crippen molar-refractivity contribution in [3.05, 3.63) is 46.8 Å². The fourth-order valence-corrected chi connectivity index (χ4v) is 2.85. The average molecular weight is 343 g/mol. The Morgan fingerprint density at radius 2 is 2.16 bits per heavy atom. The van der Waals surface area contributed by atoms with E-state index in [0.29, 0.717) is 36.5 Å². The zero-order valence-electron chi connectivity index (χ0n) is 14.4. The summed E-state index contributed by atoms with van der Waals surface area (Å²) >= 11 is 0. The molecule has 0 saturated heterocycles. The number of hydrogen-bond donors (Lipinski definition) is 0. The van der Waals surface area contributed by atoms with Crippen molar-refractivity contribution in [1.29, 1.82) is 0 Å². The van der Waals surface area contributed by atoms with Crippen molar-refractivity contribution in [1.82, 2.24) is 5.16 Å². The molecule has 1 atom stereocenters. The Morgan fingerprint density at radius 3 is 2.88 bits per heavy atom. The number of carbonyl (C=O) groups is 2. The van der Waals surface area contributed by atoms with Crippen LogP contribution in [-0.2, 0) is 16.1 Å². The molecule has 1 aromatic heterocycles. The Morgan fingerprint density at radius 1 is 1.32 bits per heavy atom. The highest BCUT2D eigenvalue weighted by Gasteiger charge is 2.26. The summed E-state index contributed by atoms with van der Waals surface area (Å²) in [6.07, 6.45) is 2.25. The van der Waals surface area contributed by atoms with Crippen molar-refractivity contribution in [3.63, 3.8) is 0 Å². The minimum atomic E-state index is -0.617. The minimum absolute atomic E-state index is 0.00501. The number of aryl methyl sites for hydroxylation is 2. The van der Waals surface area contributed by atoms with Gasteiger partial charge in [0.25, 0.3) is 0 Å². The van der Waals surface area contributed by atoms with Gasteiger partial charge in [0.05, 0.1) is 16.8 Å². The first-order chi connectivity index (χ1) is 12.0. The largest absolute Gasteiger partial charge is 0.489 e. The smallest absolute Gasteiger partial charge is 0.338 e. The summed E-state index contributed by atoms with van der Waals surface area (Å²) in [7, 11) is 0. The Kier molecular flexibility index (Phi) is 5.16. The number of esters is 1. The standard InChI is InChI=1S/C19H21NO5/c1-12-16(13(2)25-20-12)11-23-15-7-5-6-14(10-15)19(22)24-18-9-4-3-8-17(18)21/h5-7,10,18H,3-4,8-9,11H2,1-2H3/t18-/m0/s1. The predicted molar refractivity (Wildman–Crippen MR) is 89.4 cm³/mol. The van der Waals surface area contributed by atoms with Crippen LogP contribution < -0.4 is 4.74 Å². The van der Waals surface area contributed by atoms with Crippen molar-refractivity contribution < 1.29 is 23.6 Å². The zero-order chi connectivity index (χ0) is 17.8. The van der Waals surface area contributed by atoms with Gasteiger partial charge in [-0.15, -0.1) is 0 Å². The van der Waals surface area contributed by atoms with Crippen LogP contribution in [0, 0.1) is 13.8 Å². The number of ketones is 1. The fourth-order valence-electron chi connectivity index (χ4n) is 2.85. The number of hydrogen-bond acceptors (Lipinski definition) is 6. The van der Waals surface area contributed by atoms with Crippen molar-refractivity contribution in [3.8, 4) is 5.75 Å². The van der Waals surface area contributed by atoms with Crippen molar-refractivity contribution in [2.24, 2.45) is 0 Å². The van der Waals surface area contributed by atoms with Gasteiger partial charge in [-0.1, -0.05) is 11.2 Å². The van der Waals surface area contributed by atoms with E-state index in [1.807, 2.05) is 13.8 Å². The summed E-state index contributed by atoms with van der Waals surface area (Å²) in [5.74, 6) is 0.766. The van der Waals surface area contributed by atoms with E-state index in [1.54, 1.807) is 24.3 Å². The molecule has 0 amide bonds. The summed E-state index contributed by atoms with van der Waals surface area (Å²) in [4.78, 5) is 24.1. The summed E-state index contributed by atoms with van der Waals surface area (Å²) in [5.41, 5.74) is 2.04.